The standard InChI is InChI=1S/C12H19N3OS/c1-4-7-15-8-10(5-6-11(15)16)14-12(17)13-9(2)3/h5-6,8-9H,4,7H2,1-3H3,(H2,13,14,17). The Morgan fingerprint density at radius 2 is 2.18 bits per heavy atom. The Balaban J connectivity index is 2.75. The van der Waals surface area contributed by atoms with Gasteiger partial charge < -0.3 is 15.2 Å². The van der Waals surface area contributed by atoms with E-state index in [-0.39, 0.29) is 11.6 Å². The van der Waals surface area contributed by atoms with Crippen LogP contribution in [0.2, 0.25) is 0 Å². The summed E-state index contributed by atoms with van der Waals surface area (Å²) in [5.41, 5.74) is 0.844. The molecule has 0 saturated heterocycles. The predicted octanol–water partition coefficient (Wildman–Crippen LogP) is 1.95. The van der Waals surface area contributed by atoms with Crippen molar-refractivity contribution in [2.75, 3.05) is 5.32 Å². The zero-order valence-electron chi connectivity index (χ0n) is 10.5. The van der Waals surface area contributed by atoms with Crippen LogP contribution in [0.1, 0.15) is 27.2 Å². The Hall–Kier alpha value is -1.36. The average Bonchev–Trinajstić information content (AvgIpc) is 2.22. The van der Waals surface area contributed by atoms with Crippen LogP contribution in [0.15, 0.2) is 23.1 Å². The van der Waals surface area contributed by atoms with Crippen molar-refractivity contribution in [3.05, 3.63) is 28.7 Å². The summed E-state index contributed by atoms with van der Waals surface area (Å²) in [6.45, 7) is 6.80. The maximum atomic E-state index is 11.5. The lowest BCUT2D eigenvalue weighted by molar-refractivity contribution is 0.655. The Kier molecular flexibility index (Phi) is 5.15. The minimum Gasteiger partial charge on any atom is -0.360 e. The van der Waals surface area contributed by atoms with Gasteiger partial charge in [-0.05, 0) is 38.6 Å². The molecule has 1 rings (SSSR count). The fourth-order valence-corrected chi connectivity index (χ4v) is 1.80. The van der Waals surface area contributed by atoms with Gasteiger partial charge in [-0.3, -0.25) is 4.79 Å². The van der Waals surface area contributed by atoms with Gasteiger partial charge in [0.25, 0.3) is 5.56 Å². The second-order valence-corrected chi connectivity index (χ2v) is 4.61. The van der Waals surface area contributed by atoms with Crippen LogP contribution < -0.4 is 16.2 Å². The number of anilines is 1. The highest BCUT2D eigenvalue weighted by molar-refractivity contribution is 7.80. The number of nitrogens with one attached hydrogen (secondary N) is 2. The highest BCUT2D eigenvalue weighted by Gasteiger charge is 2.01. The molecule has 0 radical (unpaired) electrons. The van der Waals surface area contributed by atoms with E-state index >= 15 is 0 Å². The summed E-state index contributed by atoms with van der Waals surface area (Å²) in [4.78, 5) is 11.5. The molecule has 0 atom stereocenters. The molecule has 0 amide bonds. The van der Waals surface area contributed by atoms with Gasteiger partial charge in [0.05, 0.1) is 5.69 Å². The van der Waals surface area contributed by atoms with Crippen LogP contribution in [0, 0.1) is 0 Å². The molecule has 2 N–H and O–H groups in total. The third kappa shape index (κ3) is 4.56. The average molecular weight is 253 g/mol. The van der Waals surface area contributed by atoms with Crippen molar-refractivity contribution in [1.29, 1.82) is 0 Å². The van der Waals surface area contributed by atoms with E-state index in [1.54, 1.807) is 22.9 Å². The summed E-state index contributed by atoms with van der Waals surface area (Å²) in [5, 5.41) is 6.72. The quantitative estimate of drug-likeness (QED) is 0.805. The second-order valence-electron chi connectivity index (χ2n) is 4.20. The number of pyridine rings is 1. The van der Waals surface area contributed by atoms with E-state index < -0.39 is 0 Å². The van der Waals surface area contributed by atoms with E-state index in [1.807, 2.05) is 20.8 Å². The molecular weight excluding hydrogens is 234 g/mol. The van der Waals surface area contributed by atoms with Gasteiger partial charge in [0, 0.05) is 24.8 Å². The van der Waals surface area contributed by atoms with Gasteiger partial charge in [0.15, 0.2) is 5.11 Å². The van der Waals surface area contributed by atoms with Crippen molar-refractivity contribution in [1.82, 2.24) is 9.88 Å². The van der Waals surface area contributed by atoms with Crippen molar-refractivity contribution in [2.24, 2.45) is 0 Å². The minimum atomic E-state index is 0.0140. The zero-order valence-corrected chi connectivity index (χ0v) is 11.3. The molecule has 1 aromatic heterocycles. The van der Waals surface area contributed by atoms with Gasteiger partial charge in [-0.15, -0.1) is 0 Å². The number of aromatic nitrogens is 1. The van der Waals surface area contributed by atoms with E-state index in [9.17, 15) is 4.79 Å². The summed E-state index contributed by atoms with van der Waals surface area (Å²) < 4.78 is 1.68. The molecule has 1 heterocycles. The molecule has 0 aliphatic carbocycles. The van der Waals surface area contributed by atoms with Crippen LogP contribution in [0.4, 0.5) is 5.69 Å². The maximum absolute atomic E-state index is 11.5. The summed E-state index contributed by atoms with van der Waals surface area (Å²) in [5.74, 6) is 0. The minimum absolute atomic E-state index is 0.0140. The number of aryl methyl sites for hydroxylation is 1. The van der Waals surface area contributed by atoms with Crippen LogP contribution in [-0.4, -0.2) is 15.7 Å². The van der Waals surface area contributed by atoms with Gasteiger partial charge in [-0.2, -0.15) is 0 Å². The van der Waals surface area contributed by atoms with E-state index in [1.165, 1.54) is 0 Å². The molecule has 0 unspecified atom stereocenters. The van der Waals surface area contributed by atoms with Crippen LogP contribution in [0.5, 0.6) is 0 Å². The molecule has 17 heavy (non-hydrogen) atoms. The smallest absolute Gasteiger partial charge is 0.250 e. The molecule has 0 saturated carbocycles. The molecule has 0 spiro atoms. The summed E-state index contributed by atoms with van der Waals surface area (Å²) in [7, 11) is 0. The summed E-state index contributed by atoms with van der Waals surface area (Å²) in [6.07, 6.45) is 2.72. The molecular formula is C12H19N3OS. The molecule has 94 valence electrons. The third-order valence-electron chi connectivity index (χ3n) is 2.13. The maximum Gasteiger partial charge on any atom is 0.250 e. The van der Waals surface area contributed by atoms with Crippen LogP contribution >= 0.6 is 12.2 Å². The van der Waals surface area contributed by atoms with Crippen molar-refractivity contribution in [3.8, 4) is 0 Å². The number of nitrogens with zero attached hydrogens (tertiary/aromatic N) is 1. The van der Waals surface area contributed by atoms with Crippen LogP contribution in [-0.2, 0) is 6.54 Å². The predicted molar refractivity (Wildman–Crippen MR) is 75.5 cm³/mol. The van der Waals surface area contributed by atoms with Gasteiger partial charge >= 0.3 is 0 Å². The molecule has 4 nitrogen and oxygen atoms in total. The monoisotopic (exact) mass is 253 g/mol. The topological polar surface area (TPSA) is 46.1 Å². The van der Waals surface area contributed by atoms with Gasteiger partial charge in [-0.1, -0.05) is 6.92 Å². The fraction of sp³-hybridized carbons (Fsp3) is 0.500. The van der Waals surface area contributed by atoms with Crippen molar-refractivity contribution >= 4 is 23.0 Å². The lowest BCUT2D eigenvalue weighted by Gasteiger charge is -2.14. The Morgan fingerprint density at radius 1 is 1.47 bits per heavy atom. The lowest BCUT2D eigenvalue weighted by Crippen LogP contribution is -2.34. The first-order chi connectivity index (χ1) is 8.02. The lowest BCUT2D eigenvalue weighted by atomic mass is 10.3. The highest BCUT2D eigenvalue weighted by Crippen LogP contribution is 2.03. The van der Waals surface area contributed by atoms with E-state index in [2.05, 4.69) is 10.6 Å². The van der Waals surface area contributed by atoms with Crippen molar-refractivity contribution < 1.29 is 0 Å². The van der Waals surface area contributed by atoms with Crippen LogP contribution in [0.25, 0.3) is 0 Å². The molecule has 0 fully saturated rings. The molecule has 5 heteroatoms. The normalized spacial score (nSPS) is 10.4. The SMILES string of the molecule is CCCn1cc(NC(=S)NC(C)C)ccc1=O. The second kappa shape index (κ2) is 6.39. The summed E-state index contributed by atoms with van der Waals surface area (Å²) >= 11 is 5.14. The molecule has 0 aliphatic rings. The highest BCUT2D eigenvalue weighted by atomic mass is 32.1. The number of hydrogen-bond donors (Lipinski definition) is 2. The van der Waals surface area contributed by atoms with Crippen LogP contribution in [0.3, 0.4) is 0 Å². The Morgan fingerprint density at radius 3 is 2.76 bits per heavy atom. The first-order valence-corrected chi connectivity index (χ1v) is 6.21. The number of rotatable bonds is 4. The fourth-order valence-electron chi connectivity index (χ4n) is 1.45. The first kappa shape index (κ1) is 13.7. The molecule has 0 bridgehead atoms. The molecule has 0 aliphatic heterocycles. The zero-order chi connectivity index (χ0) is 12.8. The summed E-state index contributed by atoms with van der Waals surface area (Å²) in [6, 6.07) is 3.58. The van der Waals surface area contributed by atoms with Crippen molar-refractivity contribution in [3.63, 3.8) is 0 Å². The third-order valence-corrected chi connectivity index (χ3v) is 2.35. The first-order valence-electron chi connectivity index (χ1n) is 5.81. The van der Waals surface area contributed by atoms with Gasteiger partial charge in [0.1, 0.15) is 0 Å². The molecule has 1 aromatic rings. The van der Waals surface area contributed by atoms with Gasteiger partial charge in [-0.25, -0.2) is 0 Å². The Labute approximate surface area is 107 Å². The number of thiocarbonyl (C=S) groups is 1. The Bertz CT molecular complexity index is 440. The largest absolute Gasteiger partial charge is 0.360 e. The van der Waals surface area contributed by atoms with E-state index in [0.717, 1.165) is 18.7 Å². The van der Waals surface area contributed by atoms with E-state index in [0.29, 0.717) is 5.11 Å². The van der Waals surface area contributed by atoms with E-state index in [4.69, 9.17) is 12.2 Å². The number of hydrogen-bond acceptors (Lipinski definition) is 2. The van der Waals surface area contributed by atoms with Gasteiger partial charge in [0.2, 0.25) is 0 Å². The molecule has 0 aromatic carbocycles. The van der Waals surface area contributed by atoms with Crippen molar-refractivity contribution in [2.45, 2.75) is 39.8 Å².